The highest BCUT2D eigenvalue weighted by Crippen LogP contribution is 2.17. The highest BCUT2D eigenvalue weighted by Gasteiger charge is 2.18. The number of nitrogens with one attached hydrogen (secondary N) is 4. The highest BCUT2D eigenvalue weighted by molar-refractivity contribution is 7.80. The van der Waals surface area contributed by atoms with E-state index in [9.17, 15) is 0 Å². The van der Waals surface area contributed by atoms with Gasteiger partial charge in [-0.2, -0.15) is 0 Å². The van der Waals surface area contributed by atoms with Crippen LogP contribution in [0.4, 0.5) is 11.4 Å². The van der Waals surface area contributed by atoms with Crippen LogP contribution in [-0.4, -0.2) is 37.5 Å². The molecule has 156 valence electrons. The second kappa shape index (κ2) is 10.8. The largest absolute Gasteiger partial charge is 0.497 e. The summed E-state index contributed by atoms with van der Waals surface area (Å²) in [4.78, 5) is 0. The monoisotopic (exact) mass is 432 g/mol. The Morgan fingerprint density at radius 3 is 1.38 bits per heavy atom. The van der Waals surface area contributed by atoms with Crippen LogP contribution >= 0.6 is 24.4 Å². The number of thiocarbonyl (C=S) groups is 2. The molecule has 0 spiro atoms. The zero-order valence-electron chi connectivity index (χ0n) is 17.2. The number of hydrogen-bond donors (Lipinski definition) is 4. The van der Waals surface area contributed by atoms with E-state index in [4.69, 9.17) is 33.9 Å². The van der Waals surface area contributed by atoms with Crippen LogP contribution in [0.25, 0.3) is 0 Å². The second-order valence-corrected chi connectivity index (χ2v) is 8.05. The molecule has 2 aromatic carbocycles. The Kier molecular flexibility index (Phi) is 8.48. The third-order valence-corrected chi connectivity index (χ3v) is 4.64. The van der Waals surface area contributed by atoms with Gasteiger partial charge in [-0.3, -0.25) is 0 Å². The Bertz CT molecular complexity index is 741. The molecule has 2 rings (SSSR count). The van der Waals surface area contributed by atoms with Crippen molar-refractivity contribution in [3.05, 3.63) is 48.5 Å². The molecule has 0 heterocycles. The summed E-state index contributed by atoms with van der Waals surface area (Å²) in [6, 6.07) is 15.2. The van der Waals surface area contributed by atoms with Crippen molar-refractivity contribution in [2.75, 3.05) is 37.9 Å². The van der Waals surface area contributed by atoms with E-state index in [0.717, 1.165) is 22.9 Å². The minimum Gasteiger partial charge on any atom is -0.497 e. The quantitative estimate of drug-likeness (QED) is 0.467. The molecule has 0 radical (unpaired) electrons. The van der Waals surface area contributed by atoms with E-state index in [2.05, 4.69) is 35.1 Å². The Labute approximate surface area is 183 Å². The van der Waals surface area contributed by atoms with Gasteiger partial charge >= 0.3 is 0 Å². The molecule has 0 saturated carbocycles. The topological polar surface area (TPSA) is 66.6 Å². The van der Waals surface area contributed by atoms with Crippen molar-refractivity contribution in [1.82, 2.24) is 10.6 Å². The molecule has 4 N–H and O–H groups in total. The molecular formula is C21H28N4O2S2. The third kappa shape index (κ3) is 8.13. The molecule has 0 amide bonds. The van der Waals surface area contributed by atoms with Crippen LogP contribution in [0, 0.1) is 5.41 Å². The predicted octanol–water partition coefficient (Wildman–Crippen LogP) is 4.00. The number of methoxy groups -OCH3 is 2. The van der Waals surface area contributed by atoms with Crippen LogP contribution in [0.1, 0.15) is 13.8 Å². The predicted molar refractivity (Wildman–Crippen MR) is 128 cm³/mol. The fourth-order valence-electron chi connectivity index (χ4n) is 2.40. The first-order chi connectivity index (χ1) is 13.8. The maximum absolute atomic E-state index is 5.39. The Morgan fingerprint density at radius 2 is 1.07 bits per heavy atom. The number of benzene rings is 2. The van der Waals surface area contributed by atoms with E-state index < -0.39 is 0 Å². The standard InChI is InChI=1S/C21H28N4O2S2/c1-21(2,13-22-19(28)24-15-5-9-17(26-3)10-6-15)14-23-20(29)25-16-7-11-18(27-4)12-8-16/h5-12H,13-14H2,1-4H3,(H2,22,24,28)(H2,23,25,29). The Balaban J connectivity index is 1.73. The van der Waals surface area contributed by atoms with Gasteiger partial charge in [-0.15, -0.1) is 0 Å². The van der Waals surface area contributed by atoms with E-state index in [-0.39, 0.29) is 5.41 Å². The molecule has 0 aliphatic rings. The van der Waals surface area contributed by atoms with E-state index in [0.29, 0.717) is 23.3 Å². The lowest BCUT2D eigenvalue weighted by Gasteiger charge is -2.27. The lowest BCUT2D eigenvalue weighted by atomic mass is 9.93. The highest BCUT2D eigenvalue weighted by atomic mass is 32.1. The molecule has 6 nitrogen and oxygen atoms in total. The van der Waals surface area contributed by atoms with Gasteiger partial charge in [-0.05, 0) is 78.4 Å². The van der Waals surface area contributed by atoms with Crippen molar-refractivity contribution in [1.29, 1.82) is 0 Å². The van der Waals surface area contributed by atoms with Gasteiger partial charge in [0.2, 0.25) is 0 Å². The average Bonchev–Trinajstić information content (AvgIpc) is 2.72. The summed E-state index contributed by atoms with van der Waals surface area (Å²) in [5.74, 6) is 1.61. The van der Waals surface area contributed by atoms with Crippen molar-refractivity contribution in [2.45, 2.75) is 13.8 Å². The molecule has 0 bridgehead atoms. The van der Waals surface area contributed by atoms with Gasteiger partial charge in [-0.1, -0.05) is 13.8 Å². The zero-order chi connectivity index (χ0) is 21.3. The van der Waals surface area contributed by atoms with Gasteiger partial charge in [0.05, 0.1) is 14.2 Å². The first kappa shape index (κ1) is 22.7. The summed E-state index contributed by atoms with van der Waals surface area (Å²) in [5.41, 5.74) is 1.74. The summed E-state index contributed by atoms with van der Waals surface area (Å²) in [6.07, 6.45) is 0. The second-order valence-electron chi connectivity index (χ2n) is 7.24. The molecule has 0 aromatic heterocycles. The van der Waals surface area contributed by atoms with Gasteiger partial charge in [0.25, 0.3) is 0 Å². The fraction of sp³-hybridized carbons (Fsp3) is 0.333. The van der Waals surface area contributed by atoms with Crippen LogP contribution in [-0.2, 0) is 0 Å². The van der Waals surface area contributed by atoms with E-state index in [1.54, 1.807) is 14.2 Å². The molecule has 0 atom stereocenters. The van der Waals surface area contributed by atoms with Crippen LogP contribution in [0.2, 0.25) is 0 Å². The first-order valence-electron chi connectivity index (χ1n) is 9.19. The van der Waals surface area contributed by atoms with Crippen LogP contribution < -0.4 is 30.7 Å². The molecule has 8 heteroatoms. The summed E-state index contributed by atoms with van der Waals surface area (Å²) >= 11 is 10.8. The normalized spacial score (nSPS) is 10.6. The first-order valence-corrected chi connectivity index (χ1v) is 10.0. The lowest BCUT2D eigenvalue weighted by Crippen LogP contribution is -2.44. The van der Waals surface area contributed by atoms with Crippen molar-refractivity contribution < 1.29 is 9.47 Å². The summed E-state index contributed by atoms with van der Waals surface area (Å²) in [6.45, 7) is 5.65. The maximum Gasteiger partial charge on any atom is 0.170 e. The number of rotatable bonds is 8. The minimum atomic E-state index is -0.0721. The lowest BCUT2D eigenvalue weighted by molar-refractivity contribution is 0.362. The number of hydrogen-bond acceptors (Lipinski definition) is 4. The molecule has 0 saturated heterocycles. The molecular weight excluding hydrogens is 404 g/mol. The molecule has 0 aliphatic heterocycles. The minimum absolute atomic E-state index is 0.0721. The van der Waals surface area contributed by atoms with Gasteiger partial charge in [-0.25, -0.2) is 0 Å². The summed E-state index contributed by atoms with van der Waals surface area (Å²) in [5, 5.41) is 14.0. The molecule has 0 aliphatic carbocycles. The SMILES string of the molecule is COc1ccc(NC(=S)NCC(C)(C)CNC(=S)Nc2ccc(OC)cc2)cc1. The maximum atomic E-state index is 5.39. The van der Waals surface area contributed by atoms with E-state index >= 15 is 0 Å². The average molecular weight is 433 g/mol. The van der Waals surface area contributed by atoms with Crippen LogP contribution in [0.15, 0.2) is 48.5 Å². The van der Waals surface area contributed by atoms with Gasteiger partial charge in [0.1, 0.15) is 11.5 Å². The Hall–Kier alpha value is -2.58. The molecule has 0 fully saturated rings. The molecule has 2 aromatic rings. The summed E-state index contributed by atoms with van der Waals surface area (Å²) in [7, 11) is 3.28. The van der Waals surface area contributed by atoms with Gasteiger partial charge in [0, 0.05) is 24.5 Å². The van der Waals surface area contributed by atoms with Crippen molar-refractivity contribution >= 4 is 46.0 Å². The van der Waals surface area contributed by atoms with Gasteiger partial charge in [0.15, 0.2) is 10.2 Å². The van der Waals surface area contributed by atoms with Crippen LogP contribution in [0.5, 0.6) is 11.5 Å². The molecule has 0 unspecified atom stereocenters. The van der Waals surface area contributed by atoms with E-state index in [1.165, 1.54) is 0 Å². The Morgan fingerprint density at radius 1 is 0.724 bits per heavy atom. The van der Waals surface area contributed by atoms with Crippen molar-refractivity contribution in [2.24, 2.45) is 5.41 Å². The van der Waals surface area contributed by atoms with Crippen LogP contribution in [0.3, 0.4) is 0 Å². The van der Waals surface area contributed by atoms with Gasteiger partial charge < -0.3 is 30.7 Å². The smallest absolute Gasteiger partial charge is 0.170 e. The van der Waals surface area contributed by atoms with Crippen molar-refractivity contribution in [3.63, 3.8) is 0 Å². The van der Waals surface area contributed by atoms with Crippen molar-refractivity contribution in [3.8, 4) is 11.5 Å². The zero-order valence-corrected chi connectivity index (χ0v) is 18.8. The van der Waals surface area contributed by atoms with E-state index in [1.807, 2.05) is 48.5 Å². The number of anilines is 2. The molecule has 29 heavy (non-hydrogen) atoms. The fourth-order valence-corrected chi connectivity index (χ4v) is 2.78. The number of ether oxygens (including phenoxy) is 2. The summed E-state index contributed by atoms with van der Waals surface area (Å²) < 4.78 is 10.3. The third-order valence-electron chi connectivity index (χ3n) is 4.15.